The van der Waals surface area contributed by atoms with E-state index in [0.717, 1.165) is 39.9 Å². The first kappa shape index (κ1) is 21.0. The minimum atomic E-state index is -0.485. The van der Waals surface area contributed by atoms with E-state index in [1.807, 2.05) is 39.5 Å². The summed E-state index contributed by atoms with van der Waals surface area (Å²) in [6.45, 7) is 11.0. The molecule has 0 spiro atoms. The summed E-state index contributed by atoms with van der Waals surface area (Å²) in [6, 6.07) is 0. The minimum Gasteiger partial charge on any atom is -0.444 e. The van der Waals surface area contributed by atoms with Crippen molar-refractivity contribution < 1.29 is 9.53 Å². The number of nitrogens with zero attached hydrogens (tertiary/aromatic N) is 3. The Morgan fingerprint density at radius 3 is 2.79 bits per heavy atom. The Kier molecular flexibility index (Phi) is 5.95. The number of fused-ring (bicyclic) bond motifs is 1. The van der Waals surface area contributed by atoms with Crippen LogP contribution in [-0.2, 0) is 4.74 Å². The molecule has 154 valence electrons. The minimum absolute atomic E-state index is 0.241. The van der Waals surface area contributed by atoms with Crippen LogP contribution in [0.1, 0.15) is 44.2 Å². The average Bonchev–Trinajstić information content (AvgIpc) is 2.90. The van der Waals surface area contributed by atoms with Gasteiger partial charge < -0.3 is 15.4 Å². The van der Waals surface area contributed by atoms with E-state index < -0.39 is 5.60 Å². The molecule has 2 N–H and O–H groups in total. The maximum absolute atomic E-state index is 12.4. The molecule has 0 aromatic carbocycles. The average molecular weight is 425 g/mol. The van der Waals surface area contributed by atoms with Crippen molar-refractivity contribution in [2.75, 3.05) is 24.6 Å². The van der Waals surface area contributed by atoms with Gasteiger partial charge in [0.25, 0.3) is 0 Å². The third kappa shape index (κ3) is 4.46. The summed E-state index contributed by atoms with van der Waals surface area (Å²) in [6.07, 6.45) is 1.80. The number of ether oxygens (including phenoxy) is 1. The number of hydrogen-bond acceptors (Lipinski definition) is 7. The van der Waals surface area contributed by atoms with Crippen molar-refractivity contribution in [1.82, 2.24) is 14.5 Å². The number of hydrogen-bond donors (Lipinski definition) is 1. The standard InChI is InChI=1S/C19H28N4O3S2/c1-11-12(2)28-16(14-15(20)21-17(24)23(11)14)27-10-13-7-6-8-22(9-13)18(25)26-19(3,4)5/h13H,6-10H2,1-5H3,(H2,20,21,24). The van der Waals surface area contributed by atoms with Crippen LogP contribution in [0.25, 0.3) is 5.69 Å². The van der Waals surface area contributed by atoms with Crippen molar-refractivity contribution in [2.24, 2.45) is 5.92 Å². The summed E-state index contributed by atoms with van der Waals surface area (Å²) < 4.78 is 8.13. The van der Waals surface area contributed by atoms with Crippen LogP contribution in [0, 0.1) is 19.8 Å². The fourth-order valence-corrected chi connectivity index (χ4v) is 5.94. The quantitative estimate of drug-likeness (QED) is 0.756. The Morgan fingerprint density at radius 2 is 2.11 bits per heavy atom. The third-order valence-corrected chi connectivity index (χ3v) is 7.46. The Balaban J connectivity index is 1.71. The zero-order chi connectivity index (χ0) is 20.6. The topological polar surface area (TPSA) is 90.5 Å². The monoisotopic (exact) mass is 424 g/mol. The van der Waals surface area contributed by atoms with Gasteiger partial charge in [-0.1, -0.05) is 0 Å². The molecule has 9 heteroatoms. The number of amides is 1. The number of nitrogens with two attached hydrogens (primary N) is 1. The second kappa shape index (κ2) is 7.94. The molecule has 0 aromatic rings. The number of aryl methyl sites for hydroxylation is 1. The first-order valence-corrected chi connectivity index (χ1v) is 11.3. The summed E-state index contributed by atoms with van der Waals surface area (Å²) in [5.41, 5.74) is 6.80. The van der Waals surface area contributed by atoms with Gasteiger partial charge in [0, 0.05) is 29.4 Å². The number of imidazole rings is 1. The largest absolute Gasteiger partial charge is 0.444 e. The molecule has 28 heavy (non-hydrogen) atoms. The molecule has 1 amide bonds. The number of rotatable bonds is 3. The maximum Gasteiger partial charge on any atom is 0.410 e. The number of carbonyl (C=O) groups excluding carboxylic acids is 1. The van der Waals surface area contributed by atoms with Gasteiger partial charge in [0.15, 0.2) is 5.82 Å². The molecule has 0 radical (unpaired) electrons. The molecule has 0 bridgehead atoms. The van der Waals surface area contributed by atoms with E-state index in [2.05, 4.69) is 4.98 Å². The van der Waals surface area contributed by atoms with Crippen molar-refractivity contribution in [1.29, 1.82) is 0 Å². The lowest BCUT2D eigenvalue weighted by Gasteiger charge is -2.34. The summed E-state index contributed by atoms with van der Waals surface area (Å²) >= 11 is 3.34. The number of nitrogen functional groups attached to an aromatic ring is 1. The molecular weight excluding hydrogens is 396 g/mol. The molecule has 1 fully saturated rings. The summed E-state index contributed by atoms with van der Waals surface area (Å²) in [5.74, 6) is 1.51. The second-order valence-electron chi connectivity index (χ2n) is 8.24. The van der Waals surface area contributed by atoms with Gasteiger partial charge in [0.1, 0.15) is 11.3 Å². The van der Waals surface area contributed by atoms with Crippen molar-refractivity contribution in [3.8, 4) is 5.69 Å². The predicted octanol–water partition coefficient (Wildman–Crippen LogP) is 3.67. The van der Waals surface area contributed by atoms with Crippen LogP contribution >= 0.6 is 23.1 Å². The molecule has 0 saturated carbocycles. The van der Waals surface area contributed by atoms with E-state index in [9.17, 15) is 9.59 Å². The van der Waals surface area contributed by atoms with Gasteiger partial charge in [0.05, 0.1) is 4.21 Å². The zero-order valence-electron chi connectivity index (χ0n) is 17.1. The Morgan fingerprint density at radius 1 is 1.39 bits per heavy atom. The van der Waals surface area contributed by atoms with E-state index >= 15 is 0 Å². The van der Waals surface area contributed by atoms with Gasteiger partial charge >= 0.3 is 11.8 Å². The van der Waals surface area contributed by atoms with Crippen LogP contribution in [0.5, 0.6) is 0 Å². The van der Waals surface area contributed by atoms with E-state index in [1.165, 1.54) is 0 Å². The van der Waals surface area contributed by atoms with Crippen molar-refractivity contribution in [2.45, 2.75) is 57.3 Å². The molecule has 7 nitrogen and oxygen atoms in total. The molecule has 3 heterocycles. The van der Waals surface area contributed by atoms with E-state index in [-0.39, 0.29) is 17.6 Å². The lowest BCUT2D eigenvalue weighted by Crippen LogP contribution is -2.43. The van der Waals surface area contributed by atoms with Gasteiger partial charge in [0.2, 0.25) is 0 Å². The molecular formula is C19H28N4O3S2. The predicted molar refractivity (Wildman–Crippen MR) is 114 cm³/mol. The number of anilines is 1. The van der Waals surface area contributed by atoms with Crippen LogP contribution in [0.2, 0.25) is 0 Å². The van der Waals surface area contributed by atoms with Gasteiger partial charge in [-0.05, 0) is 53.4 Å². The van der Waals surface area contributed by atoms with Crippen LogP contribution in [0.15, 0.2) is 9.00 Å². The third-order valence-electron chi connectivity index (χ3n) is 4.78. The van der Waals surface area contributed by atoms with Crippen molar-refractivity contribution in [3.05, 3.63) is 21.1 Å². The zero-order valence-corrected chi connectivity index (χ0v) is 18.7. The number of carbonyl (C=O) groups is 1. The number of likely N-dealkylation sites (tertiary alicyclic amines) is 1. The molecule has 3 rings (SSSR count). The Labute approximate surface area is 173 Å². The van der Waals surface area contributed by atoms with E-state index in [0.29, 0.717) is 18.2 Å². The molecule has 0 aromatic heterocycles. The number of thioether (sulfide) groups is 1. The lowest BCUT2D eigenvalue weighted by molar-refractivity contribution is 0.0177. The summed E-state index contributed by atoms with van der Waals surface area (Å²) in [5, 5.41) is 0. The highest BCUT2D eigenvalue weighted by atomic mass is 32.2. The summed E-state index contributed by atoms with van der Waals surface area (Å²) in [7, 11) is 0. The van der Waals surface area contributed by atoms with Crippen LogP contribution < -0.4 is 11.4 Å². The molecule has 1 atom stereocenters. The highest BCUT2D eigenvalue weighted by Gasteiger charge is 2.28. The van der Waals surface area contributed by atoms with E-state index in [4.69, 9.17) is 10.5 Å². The molecule has 1 unspecified atom stereocenters. The van der Waals surface area contributed by atoms with Crippen molar-refractivity contribution >= 4 is 35.0 Å². The van der Waals surface area contributed by atoms with Crippen LogP contribution in [0.4, 0.5) is 10.6 Å². The Bertz CT molecular complexity index is 900. The fourth-order valence-electron chi connectivity index (χ4n) is 3.33. The van der Waals surface area contributed by atoms with Crippen molar-refractivity contribution in [3.63, 3.8) is 0 Å². The second-order valence-corrected chi connectivity index (χ2v) is 10.8. The molecule has 1 saturated heterocycles. The highest BCUT2D eigenvalue weighted by molar-refractivity contribution is 8.01. The van der Waals surface area contributed by atoms with Gasteiger partial charge in [-0.2, -0.15) is 4.98 Å². The molecule has 3 aliphatic heterocycles. The Hall–Kier alpha value is -1.74. The fraction of sp³-hybridized carbons (Fsp3) is 0.632. The number of piperidine rings is 1. The molecule has 0 aliphatic carbocycles. The smallest absolute Gasteiger partial charge is 0.410 e. The summed E-state index contributed by atoms with van der Waals surface area (Å²) in [4.78, 5) is 31.4. The molecule has 3 aliphatic rings. The van der Waals surface area contributed by atoms with Crippen LogP contribution in [0.3, 0.4) is 0 Å². The number of aromatic nitrogens is 2. The van der Waals surface area contributed by atoms with Gasteiger partial charge in [-0.15, -0.1) is 23.1 Å². The van der Waals surface area contributed by atoms with Gasteiger partial charge in [-0.25, -0.2) is 9.59 Å². The lowest BCUT2D eigenvalue weighted by atomic mass is 10.0. The SMILES string of the molecule is Cc1sc(SCC2CCCN(C(=O)OC(C)(C)C)C2)c2c(N)nc(=O)n-2c1C. The first-order chi connectivity index (χ1) is 13.1. The van der Waals surface area contributed by atoms with Gasteiger partial charge in [-0.3, -0.25) is 4.57 Å². The first-order valence-electron chi connectivity index (χ1n) is 9.46. The maximum atomic E-state index is 12.4. The highest BCUT2D eigenvalue weighted by Crippen LogP contribution is 2.38. The van der Waals surface area contributed by atoms with Crippen LogP contribution in [-0.4, -0.2) is 45.0 Å². The normalized spacial score (nSPS) is 17.9. The van der Waals surface area contributed by atoms with E-state index in [1.54, 1.807) is 27.7 Å².